The predicted octanol–water partition coefficient (Wildman–Crippen LogP) is 2.83. The van der Waals surface area contributed by atoms with Crippen molar-refractivity contribution in [1.29, 1.82) is 0 Å². The summed E-state index contributed by atoms with van der Waals surface area (Å²) in [6.45, 7) is 0. The zero-order valence-electron chi connectivity index (χ0n) is 8.38. The van der Waals surface area contributed by atoms with Crippen molar-refractivity contribution in [1.82, 2.24) is 15.0 Å². The van der Waals surface area contributed by atoms with Gasteiger partial charge in [-0.3, -0.25) is 10.1 Å². The third kappa shape index (κ3) is 2.52. The Balaban J connectivity index is 2.40. The van der Waals surface area contributed by atoms with Gasteiger partial charge >= 0.3 is 0 Å². The van der Waals surface area contributed by atoms with Gasteiger partial charge in [-0.05, 0) is 28.1 Å². The fourth-order valence-corrected chi connectivity index (χ4v) is 2.04. The van der Waals surface area contributed by atoms with Crippen LogP contribution in [0.3, 0.4) is 0 Å². The maximum Gasteiger partial charge on any atom is 0.283 e. The van der Waals surface area contributed by atoms with Crippen LogP contribution in [0.4, 0.5) is 5.69 Å². The minimum Gasteiger partial charge on any atom is -0.258 e. The average molecular weight is 362 g/mol. The summed E-state index contributed by atoms with van der Waals surface area (Å²) in [7, 11) is 0. The van der Waals surface area contributed by atoms with Gasteiger partial charge in [-0.1, -0.05) is 21.1 Å². The van der Waals surface area contributed by atoms with E-state index in [1.54, 1.807) is 23.0 Å². The molecule has 2 aromatic rings. The molecule has 1 aromatic heterocycles. The van der Waals surface area contributed by atoms with Crippen LogP contribution < -0.4 is 0 Å². The first kappa shape index (κ1) is 12.2. The Kier molecular flexibility index (Phi) is 3.53. The Hall–Kier alpha value is -1.28. The smallest absolute Gasteiger partial charge is 0.258 e. The first-order chi connectivity index (χ1) is 8.11. The van der Waals surface area contributed by atoms with Gasteiger partial charge in [0, 0.05) is 11.4 Å². The average Bonchev–Trinajstić information content (AvgIpc) is 2.76. The molecule has 1 heterocycles. The Labute approximate surface area is 113 Å². The highest BCUT2D eigenvalue weighted by molar-refractivity contribution is 9.10. The second-order valence-electron chi connectivity index (χ2n) is 3.18. The molecule has 0 spiro atoms. The number of rotatable bonds is 3. The van der Waals surface area contributed by atoms with Crippen molar-refractivity contribution in [3.05, 3.63) is 44.7 Å². The summed E-state index contributed by atoms with van der Waals surface area (Å²) in [5.41, 5.74) is 1.52. The van der Waals surface area contributed by atoms with Crippen LogP contribution >= 0.6 is 31.9 Å². The number of hydrogen-bond acceptors (Lipinski definition) is 4. The lowest BCUT2D eigenvalue weighted by Crippen LogP contribution is -1.96. The van der Waals surface area contributed by atoms with Crippen molar-refractivity contribution >= 4 is 37.5 Å². The predicted molar refractivity (Wildman–Crippen MR) is 68.3 cm³/mol. The van der Waals surface area contributed by atoms with E-state index in [-0.39, 0.29) is 5.69 Å². The van der Waals surface area contributed by atoms with Crippen LogP contribution in [0.5, 0.6) is 0 Å². The van der Waals surface area contributed by atoms with Gasteiger partial charge < -0.3 is 0 Å². The molecule has 0 amide bonds. The van der Waals surface area contributed by atoms with E-state index >= 15 is 0 Å². The van der Waals surface area contributed by atoms with E-state index in [4.69, 9.17) is 0 Å². The molecule has 2 rings (SSSR count). The molecule has 0 atom stereocenters. The third-order valence-corrected chi connectivity index (χ3v) is 3.28. The summed E-state index contributed by atoms with van der Waals surface area (Å²) in [4.78, 5) is 10.2. The van der Waals surface area contributed by atoms with Gasteiger partial charge in [0.1, 0.15) is 0 Å². The molecule has 0 saturated heterocycles. The van der Waals surface area contributed by atoms with Gasteiger partial charge in [0.15, 0.2) is 0 Å². The van der Waals surface area contributed by atoms with Crippen molar-refractivity contribution in [3.63, 3.8) is 0 Å². The lowest BCUT2D eigenvalue weighted by Gasteiger charge is -2.01. The van der Waals surface area contributed by atoms with E-state index in [0.717, 1.165) is 5.69 Å². The highest BCUT2D eigenvalue weighted by Crippen LogP contribution is 2.26. The summed E-state index contributed by atoms with van der Waals surface area (Å²) in [5, 5.41) is 19.1. The van der Waals surface area contributed by atoms with Crippen molar-refractivity contribution in [2.24, 2.45) is 0 Å². The van der Waals surface area contributed by atoms with Gasteiger partial charge in [-0.2, -0.15) is 0 Å². The van der Waals surface area contributed by atoms with Crippen LogP contribution in [0.15, 0.2) is 28.9 Å². The SMILES string of the molecule is O=[N+]([O-])c1ccc(-n2cc(CBr)nn2)cc1Br. The molecule has 0 unspecified atom stereocenters. The first-order valence-electron chi connectivity index (χ1n) is 4.53. The van der Waals surface area contributed by atoms with Crippen LogP contribution in [-0.4, -0.2) is 19.9 Å². The zero-order chi connectivity index (χ0) is 12.4. The largest absolute Gasteiger partial charge is 0.283 e. The van der Waals surface area contributed by atoms with E-state index < -0.39 is 4.92 Å². The first-order valence-corrected chi connectivity index (χ1v) is 6.45. The van der Waals surface area contributed by atoms with Gasteiger partial charge in [0.05, 0.1) is 27.0 Å². The third-order valence-electron chi connectivity index (χ3n) is 2.07. The number of nitro groups is 1. The van der Waals surface area contributed by atoms with E-state index in [0.29, 0.717) is 15.5 Å². The van der Waals surface area contributed by atoms with E-state index in [1.165, 1.54) is 6.07 Å². The second kappa shape index (κ2) is 4.92. The molecule has 0 N–H and O–H groups in total. The van der Waals surface area contributed by atoms with Gasteiger partial charge in [-0.25, -0.2) is 4.68 Å². The van der Waals surface area contributed by atoms with Crippen LogP contribution in [0.1, 0.15) is 5.69 Å². The molecule has 0 aliphatic heterocycles. The molecule has 8 heteroatoms. The zero-order valence-corrected chi connectivity index (χ0v) is 11.5. The lowest BCUT2D eigenvalue weighted by atomic mass is 10.3. The summed E-state index contributed by atoms with van der Waals surface area (Å²) in [6, 6.07) is 4.68. The topological polar surface area (TPSA) is 73.8 Å². The standard InChI is InChI=1S/C9H6Br2N4O2/c10-4-6-5-14(13-12-6)7-1-2-9(15(16)17)8(11)3-7/h1-3,5H,4H2. The number of aromatic nitrogens is 3. The van der Waals surface area contributed by atoms with Gasteiger partial charge in [0.2, 0.25) is 0 Å². The molecule has 17 heavy (non-hydrogen) atoms. The lowest BCUT2D eigenvalue weighted by molar-refractivity contribution is -0.385. The molecule has 0 radical (unpaired) electrons. The quantitative estimate of drug-likeness (QED) is 0.478. The number of benzene rings is 1. The van der Waals surface area contributed by atoms with E-state index in [9.17, 15) is 10.1 Å². The van der Waals surface area contributed by atoms with Crippen molar-refractivity contribution in [2.75, 3.05) is 0 Å². The fourth-order valence-electron chi connectivity index (χ4n) is 1.27. The van der Waals surface area contributed by atoms with E-state index in [2.05, 4.69) is 42.2 Å². The van der Waals surface area contributed by atoms with E-state index in [1.807, 2.05) is 0 Å². The van der Waals surface area contributed by atoms with Crippen LogP contribution in [-0.2, 0) is 5.33 Å². The van der Waals surface area contributed by atoms with Crippen LogP contribution in [0.25, 0.3) is 5.69 Å². The number of halogens is 2. The molecule has 88 valence electrons. The van der Waals surface area contributed by atoms with Crippen LogP contribution in [0.2, 0.25) is 0 Å². The minimum atomic E-state index is -0.445. The summed E-state index contributed by atoms with van der Waals surface area (Å²) in [6.07, 6.45) is 1.75. The second-order valence-corrected chi connectivity index (χ2v) is 4.60. The molecule has 0 aliphatic carbocycles. The number of nitro benzene ring substituents is 1. The number of nitrogens with zero attached hydrogens (tertiary/aromatic N) is 4. The Morgan fingerprint density at radius 3 is 2.76 bits per heavy atom. The summed E-state index contributed by atoms with van der Waals surface area (Å²) >= 11 is 6.43. The van der Waals surface area contributed by atoms with Gasteiger partial charge in [-0.15, -0.1) is 5.10 Å². The maximum atomic E-state index is 10.7. The fraction of sp³-hybridized carbons (Fsp3) is 0.111. The molecule has 0 aliphatic rings. The minimum absolute atomic E-state index is 0.0228. The maximum absolute atomic E-state index is 10.7. The van der Waals surface area contributed by atoms with Crippen LogP contribution in [0, 0.1) is 10.1 Å². The normalized spacial score (nSPS) is 10.5. The molecular formula is C9H6Br2N4O2. The summed E-state index contributed by atoms with van der Waals surface area (Å²) in [5.74, 6) is 0. The molecule has 0 bridgehead atoms. The molecule has 6 nitrogen and oxygen atoms in total. The highest BCUT2D eigenvalue weighted by atomic mass is 79.9. The Morgan fingerprint density at radius 1 is 1.47 bits per heavy atom. The monoisotopic (exact) mass is 360 g/mol. The molecule has 1 aromatic carbocycles. The number of hydrogen-bond donors (Lipinski definition) is 0. The molecule has 0 fully saturated rings. The molecule has 0 saturated carbocycles. The van der Waals surface area contributed by atoms with Crippen molar-refractivity contribution in [3.8, 4) is 5.69 Å². The van der Waals surface area contributed by atoms with Crippen molar-refractivity contribution < 1.29 is 4.92 Å². The molecular weight excluding hydrogens is 356 g/mol. The highest BCUT2D eigenvalue weighted by Gasteiger charge is 2.12. The Morgan fingerprint density at radius 2 is 2.24 bits per heavy atom. The van der Waals surface area contributed by atoms with Crippen molar-refractivity contribution in [2.45, 2.75) is 5.33 Å². The Bertz CT molecular complexity index is 570. The summed E-state index contributed by atoms with van der Waals surface area (Å²) < 4.78 is 1.97. The van der Waals surface area contributed by atoms with Gasteiger partial charge in [0.25, 0.3) is 5.69 Å². The number of alkyl halides is 1.